The molecule has 0 radical (unpaired) electrons. The van der Waals surface area contributed by atoms with E-state index in [0.717, 1.165) is 18.7 Å². The van der Waals surface area contributed by atoms with Crippen molar-refractivity contribution in [2.24, 2.45) is 0 Å². The molecule has 1 fully saturated rings. The first kappa shape index (κ1) is 11.3. The minimum absolute atomic E-state index is 0.115. The number of hydrogen-bond acceptors (Lipinski definition) is 2. The molecule has 1 saturated heterocycles. The van der Waals surface area contributed by atoms with Gasteiger partial charge in [-0.1, -0.05) is 42.5 Å². The van der Waals surface area contributed by atoms with Crippen LogP contribution in [0.1, 0.15) is 17.0 Å². The molecule has 0 aliphatic carbocycles. The molecule has 92 valence electrons. The Morgan fingerprint density at radius 2 is 1.78 bits per heavy atom. The Bertz CT molecular complexity index is 518. The Morgan fingerprint density at radius 3 is 2.50 bits per heavy atom. The van der Waals surface area contributed by atoms with E-state index in [-0.39, 0.29) is 6.61 Å². The van der Waals surface area contributed by atoms with E-state index in [1.165, 1.54) is 11.3 Å². The molecule has 1 aliphatic heterocycles. The van der Waals surface area contributed by atoms with Gasteiger partial charge in [0.2, 0.25) is 0 Å². The van der Waals surface area contributed by atoms with E-state index >= 15 is 0 Å². The average molecular weight is 239 g/mol. The summed E-state index contributed by atoms with van der Waals surface area (Å²) in [4.78, 5) is 2.36. The lowest BCUT2D eigenvalue weighted by Crippen LogP contribution is -2.45. The van der Waals surface area contributed by atoms with E-state index in [2.05, 4.69) is 47.4 Å². The maximum Gasteiger partial charge on any atom is 0.0682 e. The van der Waals surface area contributed by atoms with Crippen LogP contribution in [0.3, 0.4) is 0 Å². The van der Waals surface area contributed by atoms with Crippen molar-refractivity contribution in [3.05, 3.63) is 65.7 Å². The van der Waals surface area contributed by atoms with Gasteiger partial charge in [0.25, 0.3) is 0 Å². The van der Waals surface area contributed by atoms with Crippen molar-refractivity contribution >= 4 is 5.69 Å². The molecule has 1 heterocycles. The van der Waals surface area contributed by atoms with Crippen LogP contribution in [0.15, 0.2) is 54.6 Å². The van der Waals surface area contributed by atoms with Crippen LogP contribution in [0.25, 0.3) is 0 Å². The summed E-state index contributed by atoms with van der Waals surface area (Å²) < 4.78 is 0. The molecule has 0 unspecified atom stereocenters. The lowest BCUT2D eigenvalue weighted by atomic mass is 9.91. The fourth-order valence-corrected chi connectivity index (χ4v) is 2.48. The smallest absolute Gasteiger partial charge is 0.0682 e. The lowest BCUT2D eigenvalue weighted by Gasteiger charge is -2.41. The van der Waals surface area contributed by atoms with Gasteiger partial charge in [-0.2, -0.15) is 0 Å². The van der Waals surface area contributed by atoms with Gasteiger partial charge in [0.05, 0.1) is 6.61 Å². The number of aliphatic hydroxyl groups is 1. The predicted octanol–water partition coefficient (Wildman–Crippen LogP) is 2.78. The van der Waals surface area contributed by atoms with Gasteiger partial charge in [-0.25, -0.2) is 0 Å². The Hall–Kier alpha value is -1.80. The highest BCUT2D eigenvalue weighted by molar-refractivity contribution is 5.52. The molecule has 0 saturated carbocycles. The maximum atomic E-state index is 9.15. The molecule has 0 bridgehead atoms. The van der Waals surface area contributed by atoms with Crippen molar-refractivity contribution in [3.8, 4) is 0 Å². The number of rotatable bonds is 3. The van der Waals surface area contributed by atoms with Gasteiger partial charge in [-0.05, 0) is 23.3 Å². The van der Waals surface area contributed by atoms with Crippen molar-refractivity contribution in [2.75, 3.05) is 18.0 Å². The summed E-state index contributed by atoms with van der Waals surface area (Å²) in [7, 11) is 0. The third kappa shape index (κ3) is 2.12. The molecule has 0 spiro atoms. The number of benzene rings is 2. The minimum Gasteiger partial charge on any atom is -0.392 e. The first-order valence-corrected chi connectivity index (χ1v) is 6.36. The second-order valence-electron chi connectivity index (χ2n) is 4.84. The molecular weight excluding hydrogens is 222 g/mol. The monoisotopic (exact) mass is 239 g/mol. The van der Waals surface area contributed by atoms with Gasteiger partial charge >= 0.3 is 0 Å². The third-order valence-corrected chi connectivity index (χ3v) is 3.61. The summed E-state index contributed by atoms with van der Waals surface area (Å²) in [5.74, 6) is 0.643. The van der Waals surface area contributed by atoms with E-state index in [4.69, 9.17) is 5.11 Å². The van der Waals surface area contributed by atoms with Crippen LogP contribution in [0.5, 0.6) is 0 Å². The van der Waals surface area contributed by atoms with Gasteiger partial charge < -0.3 is 10.0 Å². The Morgan fingerprint density at radius 1 is 1.00 bits per heavy atom. The third-order valence-electron chi connectivity index (χ3n) is 3.61. The fourth-order valence-electron chi connectivity index (χ4n) is 2.48. The summed E-state index contributed by atoms with van der Waals surface area (Å²) in [6, 6.07) is 18.8. The molecule has 2 nitrogen and oxygen atoms in total. The van der Waals surface area contributed by atoms with Crippen molar-refractivity contribution < 1.29 is 5.11 Å². The van der Waals surface area contributed by atoms with Crippen LogP contribution in [0.2, 0.25) is 0 Å². The molecule has 0 amide bonds. The summed E-state index contributed by atoms with van der Waals surface area (Å²) in [5.41, 5.74) is 3.62. The molecule has 2 aromatic rings. The van der Waals surface area contributed by atoms with Crippen molar-refractivity contribution in [1.82, 2.24) is 0 Å². The minimum atomic E-state index is 0.115. The Labute approximate surface area is 107 Å². The van der Waals surface area contributed by atoms with Crippen molar-refractivity contribution in [2.45, 2.75) is 12.5 Å². The molecule has 0 atom stereocenters. The van der Waals surface area contributed by atoms with Gasteiger partial charge in [0.15, 0.2) is 0 Å². The highest BCUT2D eigenvalue weighted by atomic mass is 16.3. The van der Waals surface area contributed by atoms with Crippen LogP contribution < -0.4 is 4.90 Å². The standard InChI is InChI=1S/C16H17NO/c18-12-13-5-4-8-16(9-13)17-10-15(11-17)14-6-2-1-3-7-14/h1-9,15,18H,10-12H2. The average Bonchev–Trinajstić information content (AvgIpc) is 2.39. The molecule has 1 N–H and O–H groups in total. The number of nitrogens with zero attached hydrogens (tertiary/aromatic N) is 1. The largest absolute Gasteiger partial charge is 0.392 e. The van der Waals surface area contributed by atoms with E-state index in [0.29, 0.717) is 5.92 Å². The zero-order chi connectivity index (χ0) is 12.4. The highest BCUT2D eigenvalue weighted by Gasteiger charge is 2.27. The van der Waals surface area contributed by atoms with Gasteiger partial charge in [-0.3, -0.25) is 0 Å². The van der Waals surface area contributed by atoms with Crippen LogP contribution in [-0.2, 0) is 6.61 Å². The Kier molecular flexibility index (Phi) is 3.03. The van der Waals surface area contributed by atoms with E-state index in [1.807, 2.05) is 12.1 Å². The predicted molar refractivity (Wildman–Crippen MR) is 73.8 cm³/mol. The van der Waals surface area contributed by atoms with E-state index in [9.17, 15) is 0 Å². The van der Waals surface area contributed by atoms with E-state index < -0.39 is 0 Å². The van der Waals surface area contributed by atoms with Crippen molar-refractivity contribution in [1.29, 1.82) is 0 Å². The lowest BCUT2D eigenvalue weighted by molar-refractivity contribution is 0.282. The quantitative estimate of drug-likeness (QED) is 0.890. The Balaban J connectivity index is 1.68. The highest BCUT2D eigenvalue weighted by Crippen LogP contribution is 2.31. The molecule has 18 heavy (non-hydrogen) atoms. The van der Waals surface area contributed by atoms with Crippen LogP contribution >= 0.6 is 0 Å². The van der Waals surface area contributed by atoms with Crippen LogP contribution in [-0.4, -0.2) is 18.2 Å². The van der Waals surface area contributed by atoms with Gasteiger partial charge in [-0.15, -0.1) is 0 Å². The number of anilines is 1. The molecule has 0 aromatic heterocycles. The second-order valence-corrected chi connectivity index (χ2v) is 4.84. The maximum absolute atomic E-state index is 9.15. The zero-order valence-corrected chi connectivity index (χ0v) is 10.3. The molecule has 2 aromatic carbocycles. The number of hydrogen-bond donors (Lipinski definition) is 1. The topological polar surface area (TPSA) is 23.5 Å². The SMILES string of the molecule is OCc1cccc(N2CC(c3ccccc3)C2)c1. The van der Waals surface area contributed by atoms with Gasteiger partial charge in [0.1, 0.15) is 0 Å². The first-order valence-electron chi connectivity index (χ1n) is 6.36. The summed E-state index contributed by atoms with van der Waals surface area (Å²) in [6.07, 6.45) is 0. The van der Waals surface area contributed by atoms with Crippen LogP contribution in [0.4, 0.5) is 5.69 Å². The van der Waals surface area contributed by atoms with Gasteiger partial charge in [0, 0.05) is 24.7 Å². The first-order chi connectivity index (χ1) is 8.86. The summed E-state index contributed by atoms with van der Waals surface area (Å²) >= 11 is 0. The second kappa shape index (κ2) is 4.83. The normalized spacial score (nSPS) is 15.5. The molecule has 2 heteroatoms. The van der Waals surface area contributed by atoms with Crippen molar-refractivity contribution in [3.63, 3.8) is 0 Å². The molecular formula is C16H17NO. The zero-order valence-electron chi connectivity index (χ0n) is 10.3. The number of aliphatic hydroxyl groups excluding tert-OH is 1. The fraction of sp³-hybridized carbons (Fsp3) is 0.250. The molecule has 3 rings (SSSR count). The van der Waals surface area contributed by atoms with Crippen LogP contribution in [0, 0.1) is 0 Å². The summed E-state index contributed by atoms with van der Waals surface area (Å²) in [6.45, 7) is 2.25. The van der Waals surface area contributed by atoms with E-state index in [1.54, 1.807) is 0 Å². The molecule has 1 aliphatic rings. The summed E-state index contributed by atoms with van der Waals surface area (Å²) in [5, 5.41) is 9.15.